The molecule has 6 nitrogen and oxygen atoms in total. The lowest BCUT2D eigenvalue weighted by atomic mass is 9.96. The number of aliphatic hydroxyl groups excluding tert-OH is 2. The fourth-order valence-electron chi connectivity index (χ4n) is 1.59. The summed E-state index contributed by atoms with van der Waals surface area (Å²) in [6, 6.07) is 1.95. The van der Waals surface area contributed by atoms with Gasteiger partial charge in [-0.1, -0.05) is 18.7 Å². The second-order valence-electron chi connectivity index (χ2n) is 5.06. The van der Waals surface area contributed by atoms with Gasteiger partial charge in [0, 0.05) is 22.6 Å². The monoisotopic (exact) mass is 282 g/mol. The topological polar surface area (TPSA) is 83.5 Å². The molecule has 19 heavy (non-hydrogen) atoms. The van der Waals surface area contributed by atoms with Gasteiger partial charge in [0.05, 0.1) is 13.2 Å². The molecule has 104 valence electrons. The first-order chi connectivity index (χ1) is 8.97. The van der Waals surface area contributed by atoms with Crippen LogP contribution in [-0.2, 0) is 0 Å². The summed E-state index contributed by atoms with van der Waals surface area (Å²) in [6.45, 7) is 5.56. The Balaban J connectivity index is 2.21. The maximum Gasteiger partial charge on any atom is 0.253 e. The maximum atomic E-state index is 9.25. The minimum atomic E-state index is -0.527. The van der Waals surface area contributed by atoms with E-state index in [0.717, 1.165) is 11.4 Å². The van der Waals surface area contributed by atoms with E-state index >= 15 is 0 Å². The Hall–Kier alpha value is -1.18. The Bertz CT molecular complexity index is 580. The second kappa shape index (κ2) is 5.44. The van der Waals surface area contributed by atoms with Crippen LogP contribution in [0.3, 0.4) is 0 Å². The maximum absolute atomic E-state index is 9.25. The van der Waals surface area contributed by atoms with E-state index in [-0.39, 0.29) is 13.2 Å². The molecule has 0 aliphatic carbocycles. The number of rotatable bonds is 5. The van der Waals surface area contributed by atoms with Crippen LogP contribution in [0.2, 0.25) is 0 Å². The van der Waals surface area contributed by atoms with Crippen molar-refractivity contribution in [2.75, 3.05) is 19.0 Å². The molecule has 0 fully saturated rings. The van der Waals surface area contributed by atoms with Gasteiger partial charge < -0.3 is 10.2 Å². The molecule has 2 N–H and O–H groups in total. The number of thioether (sulfide) groups is 1. The van der Waals surface area contributed by atoms with Gasteiger partial charge >= 0.3 is 0 Å². The SMILES string of the molecule is Cc1cc(C)n2nc(SCC(C)(CO)CO)nc2n1. The average molecular weight is 282 g/mol. The third kappa shape index (κ3) is 3.05. The predicted octanol–water partition coefficient (Wildman–Crippen LogP) is 0.824. The van der Waals surface area contributed by atoms with E-state index in [1.165, 1.54) is 11.8 Å². The quantitative estimate of drug-likeness (QED) is 0.790. The number of aliphatic hydroxyl groups is 2. The van der Waals surface area contributed by atoms with Crippen LogP contribution in [0.4, 0.5) is 0 Å². The Morgan fingerprint density at radius 2 is 1.95 bits per heavy atom. The zero-order chi connectivity index (χ0) is 14.0. The average Bonchev–Trinajstić information content (AvgIpc) is 2.79. The highest BCUT2D eigenvalue weighted by atomic mass is 32.2. The van der Waals surface area contributed by atoms with E-state index in [0.29, 0.717) is 16.7 Å². The van der Waals surface area contributed by atoms with Gasteiger partial charge in [0.15, 0.2) is 0 Å². The summed E-state index contributed by atoms with van der Waals surface area (Å²) in [7, 11) is 0. The number of aromatic nitrogens is 4. The molecule has 0 radical (unpaired) electrons. The number of hydrogen-bond donors (Lipinski definition) is 2. The third-order valence-corrected chi connectivity index (χ3v) is 4.18. The summed E-state index contributed by atoms with van der Waals surface area (Å²) in [4.78, 5) is 8.67. The molecule has 0 saturated heterocycles. The molecule has 0 bridgehead atoms. The number of nitrogens with zero attached hydrogens (tertiary/aromatic N) is 4. The van der Waals surface area contributed by atoms with Gasteiger partial charge in [0.2, 0.25) is 5.16 Å². The summed E-state index contributed by atoms with van der Waals surface area (Å²) in [5.74, 6) is 1.13. The Kier molecular flexibility index (Phi) is 4.07. The third-order valence-electron chi connectivity index (χ3n) is 2.91. The van der Waals surface area contributed by atoms with Crippen molar-refractivity contribution in [2.45, 2.75) is 25.9 Å². The first-order valence-electron chi connectivity index (χ1n) is 6.03. The molecular weight excluding hydrogens is 264 g/mol. The van der Waals surface area contributed by atoms with Gasteiger partial charge in [-0.05, 0) is 19.9 Å². The zero-order valence-electron chi connectivity index (χ0n) is 11.3. The van der Waals surface area contributed by atoms with Gasteiger partial charge in [-0.25, -0.2) is 9.50 Å². The molecule has 0 unspecified atom stereocenters. The van der Waals surface area contributed by atoms with Crippen LogP contribution >= 0.6 is 11.8 Å². The lowest BCUT2D eigenvalue weighted by molar-refractivity contribution is 0.0894. The Labute approximate surface area is 115 Å². The van der Waals surface area contributed by atoms with E-state index < -0.39 is 5.41 Å². The standard InChI is InChI=1S/C12H18N4O2S/c1-8-4-9(2)16-10(13-8)14-11(15-16)19-7-12(3,5-17)6-18/h4,17-18H,5-7H2,1-3H3. The van der Waals surface area contributed by atoms with Crippen molar-refractivity contribution in [1.82, 2.24) is 19.6 Å². The van der Waals surface area contributed by atoms with Crippen molar-refractivity contribution in [3.8, 4) is 0 Å². The van der Waals surface area contributed by atoms with E-state index in [1.807, 2.05) is 26.8 Å². The molecule has 2 heterocycles. The van der Waals surface area contributed by atoms with Crippen molar-refractivity contribution in [2.24, 2.45) is 5.41 Å². The Morgan fingerprint density at radius 1 is 1.26 bits per heavy atom. The molecule has 0 saturated carbocycles. The highest BCUT2D eigenvalue weighted by molar-refractivity contribution is 7.99. The lowest BCUT2D eigenvalue weighted by Gasteiger charge is -2.22. The van der Waals surface area contributed by atoms with Crippen LogP contribution in [-0.4, -0.2) is 48.8 Å². The van der Waals surface area contributed by atoms with Gasteiger partial charge in [-0.2, -0.15) is 4.98 Å². The molecule has 2 aromatic rings. The van der Waals surface area contributed by atoms with Gasteiger partial charge in [0.1, 0.15) is 0 Å². The molecule has 2 aromatic heterocycles. The molecule has 0 aromatic carbocycles. The lowest BCUT2D eigenvalue weighted by Crippen LogP contribution is -2.28. The molecule has 0 aliphatic heterocycles. The highest BCUT2D eigenvalue weighted by Crippen LogP contribution is 2.25. The second-order valence-corrected chi connectivity index (χ2v) is 6.00. The molecule has 0 atom stereocenters. The molecule has 2 rings (SSSR count). The first kappa shape index (κ1) is 14.2. The normalized spacial score (nSPS) is 12.3. The van der Waals surface area contributed by atoms with E-state index in [2.05, 4.69) is 15.1 Å². The van der Waals surface area contributed by atoms with Crippen LogP contribution < -0.4 is 0 Å². The van der Waals surface area contributed by atoms with Crippen LogP contribution in [0.1, 0.15) is 18.3 Å². The first-order valence-corrected chi connectivity index (χ1v) is 7.01. The summed E-state index contributed by atoms with van der Waals surface area (Å²) >= 11 is 1.41. The van der Waals surface area contributed by atoms with Crippen molar-refractivity contribution in [1.29, 1.82) is 0 Å². The van der Waals surface area contributed by atoms with Crippen molar-refractivity contribution in [3.63, 3.8) is 0 Å². The molecule has 7 heteroatoms. The minimum Gasteiger partial charge on any atom is -0.396 e. The Morgan fingerprint density at radius 3 is 2.58 bits per heavy atom. The fourth-order valence-corrected chi connectivity index (χ4v) is 2.53. The largest absolute Gasteiger partial charge is 0.396 e. The number of fused-ring (bicyclic) bond motifs is 1. The van der Waals surface area contributed by atoms with Gasteiger partial charge in [-0.3, -0.25) is 0 Å². The van der Waals surface area contributed by atoms with Crippen LogP contribution in [0.25, 0.3) is 5.78 Å². The highest BCUT2D eigenvalue weighted by Gasteiger charge is 2.23. The smallest absolute Gasteiger partial charge is 0.253 e. The minimum absolute atomic E-state index is 0.0692. The van der Waals surface area contributed by atoms with Gasteiger partial charge in [-0.15, -0.1) is 5.10 Å². The van der Waals surface area contributed by atoms with Crippen LogP contribution in [0, 0.1) is 19.3 Å². The van der Waals surface area contributed by atoms with Crippen molar-refractivity contribution >= 4 is 17.5 Å². The van der Waals surface area contributed by atoms with Crippen LogP contribution in [0.15, 0.2) is 11.2 Å². The van der Waals surface area contributed by atoms with Crippen molar-refractivity contribution < 1.29 is 10.2 Å². The van der Waals surface area contributed by atoms with E-state index in [9.17, 15) is 10.2 Å². The summed E-state index contributed by atoms with van der Waals surface area (Å²) in [5, 5.41) is 23.5. The van der Waals surface area contributed by atoms with Crippen molar-refractivity contribution in [3.05, 3.63) is 17.5 Å². The van der Waals surface area contributed by atoms with E-state index in [1.54, 1.807) is 4.52 Å². The number of hydrogen-bond acceptors (Lipinski definition) is 6. The van der Waals surface area contributed by atoms with Crippen LogP contribution in [0.5, 0.6) is 0 Å². The molecule has 0 amide bonds. The molecular formula is C12H18N4O2S. The fraction of sp³-hybridized carbons (Fsp3) is 0.583. The van der Waals surface area contributed by atoms with E-state index in [4.69, 9.17) is 0 Å². The molecule has 0 spiro atoms. The predicted molar refractivity (Wildman–Crippen MR) is 73.3 cm³/mol. The zero-order valence-corrected chi connectivity index (χ0v) is 12.1. The summed E-state index contributed by atoms with van der Waals surface area (Å²) in [6.07, 6.45) is 0. The molecule has 0 aliphatic rings. The van der Waals surface area contributed by atoms with Gasteiger partial charge in [0.25, 0.3) is 5.78 Å². The number of aryl methyl sites for hydroxylation is 2. The summed E-state index contributed by atoms with van der Waals surface area (Å²) < 4.78 is 1.70. The summed E-state index contributed by atoms with van der Waals surface area (Å²) in [5.41, 5.74) is 1.36.